The molecule has 7 heteroatoms. The third-order valence-electron chi connectivity index (χ3n) is 1.85. The average Bonchev–Trinajstić information content (AvgIpc) is 2.12. The minimum Gasteiger partial charge on any atom is -0.465 e. The van der Waals surface area contributed by atoms with Crippen molar-refractivity contribution in [3.05, 3.63) is 12.6 Å². The number of halogens is 5. The first-order valence-electron chi connectivity index (χ1n) is 4.98. The summed E-state index contributed by atoms with van der Waals surface area (Å²) < 4.78 is 71.8. The van der Waals surface area contributed by atoms with Crippen LogP contribution in [0.25, 0.3) is 0 Å². The Labute approximate surface area is 96.4 Å². The van der Waals surface area contributed by atoms with Crippen LogP contribution in [0.2, 0.25) is 0 Å². The first kappa shape index (κ1) is 16.1. The number of ether oxygens (including phenoxy) is 2. The molecule has 2 nitrogen and oxygen atoms in total. The van der Waals surface area contributed by atoms with Gasteiger partial charge in [-0.2, -0.15) is 13.2 Å². The number of rotatable bonds is 8. The molecule has 0 fully saturated rings. The van der Waals surface area contributed by atoms with E-state index in [2.05, 4.69) is 16.1 Å². The van der Waals surface area contributed by atoms with Gasteiger partial charge in [0.2, 0.25) is 0 Å². The van der Waals surface area contributed by atoms with Gasteiger partial charge in [0.25, 0.3) is 11.9 Å². The van der Waals surface area contributed by atoms with Gasteiger partial charge >= 0.3 is 6.11 Å². The van der Waals surface area contributed by atoms with E-state index >= 15 is 0 Å². The molecule has 0 aliphatic rings. The van der Waals surface area contributed by atoms with Crippen LogP contribution in [-0.2, 0) is 9.47 Å². The summed E-state index contributed by atoms with van der Waals surface area (Å²) >= 11 is 0. The minimum absolute atomic E-state index is 0.263. The maximum Gasteiger partial charge on any atom is 0.361 e. The first-order valence-corrected chi connectivity index (χ1v) is 4.98. The van der Waals surface area contributed by atoms with Crippen molar-refractivity contribution in [2.45, 2.75) is 44.8 Å². The lowest BCUT2D eigenvalue weighted by atomic mass is 10.2. The molecule has 0 radical (unpaired) electrons. The van der Waals surface area contributed by atoms with Crippen LogP contribution in [-0.4, -0.2) is 24.7 Å². The zero-order chi connectivity index (χ0) is 13.7. The van der Waals surface area contributed by atoms with Crippen molar-refractivity contribution in [3.63, 3.8) is 0 Å². The van der Waals surface area contributed by atoms with Gasteiger partial charge in [-0.15, -0.1) is 0 Å². The second kappa shape index (κ2) is 6.18. The van der Waals surface area contributed by atoms with Crippen LogP contribution >= 0.6 is 0 Å². The molecule has 0 heterocycles. The summed E-state index contributed by atoms with van der Waals surface area (Å²) in [6, 6.07) is -1.45. The van der Waals surface area contributed by atoms with Gasteiger partial charge in [0, 0.05) is 0 Å². The van der Waals surface area contributed by atoms with Crippen LogP contribution in [0, 0.1) is 0 Å². The smallest absolute Gasteiger partial charge is 0.361 e. The van der Waals surface area contributed by atoms with Gasteiger partial charge in [-0.1, -0.05) is 6.92 Å². The number of hydrogen-bond acceptors (Lipinski definition) is 2. The molecule has 0 aliphatic heterocycles. The average molecular weight is 262 g/mol. The Hall–Kier alpha value is -0.850. The zero-order valence-electron chi connectivity index (χ0n) is 9.61. The maximum atomic E-state index is 13.0. The SMILES string of the molecule is C=C(F)OCC(F)(F)CC(F)(F)OC(C)CC. The Balaban J connectivity index is 4.31. The molecule has 17 heavy (non-hydrogen) atoms. The molecular weight excluding hydrogens is 247 g/mol. The van der Waals surface area contributed by atoms with Crippen LogP contribution in [0.1, 0.15) is 26.7 Å². The molecule has 0 N–H and O–H groups in total. The third kappa shape index (κ3) is 7.95. The molecule has 0 aromatic carbocycles. The van der Waals surface area contributed by atoms with Crippen LogP contribution in [0.15, 0.2) is 12.6 Å². The molecule has 0 amide bonds. The van der Waals surface area contributed by atoms with Crippen LogP contribution in [0.4, 0.5) is 22.0 Å². The van der Waals surface area contributed by atoms with Gasteiger partial charge in [-0.3, -0.25) is 0 Å². The van der Waals surface area contributed by atoms with E-state index in [9.17, 15) is 22.0 Å². The predicted octanol–water partition coefficient (Wildman–Crippen LogP) is 3.88. The van der Waals surface area contributed by atoms with Crippen molar-refractivity contribution < 1.29 is 31.4 Å². The first-order chi connectivity index (χ1) is 7.58. The molecule has 0 aromatic heterocycles. The van der Waals surface area contributed by atoms with E-state index in [-0.39, 0.29) is 6.42 Å². The quantitative estimate of drug-likeness (QED) is 0.488. The van der Waals surface area contributed by atoms with Crippen LogP contribution < -0.4 is 0 Å². The number of hydrogen-bond donors (Lipinski definition) is 0. The van der Waals surface area contributed by atoms with E-state index in [0.29, 0.717) is 0 Å². The summed E-state index contributed by atoms with van der Waals surface area (Å²) in [5.41, 5.74) is 0. The highest BCUT2D eigenvalue weighted by Crippen LogP contribution is 2.33. The highest BCUT2D eigenvalue weighted by atomic mass is 19.3. The van der Waals surface area contributed by atoms with Crippen molar-refractivity contribution in [2.75, 3.05) is 6.61 Å². The summed E-state index contributed by atoms with van der Waals surface area (Å²) in [7, 11) is 0. The summed E-state index contributed by atoms with van der Waals surface area (Å²) in [5, 5.41) is 0. The fraction of sp³-hybridized carbons (Fsp3) is 0.800. The van der Waals surface area contributed by atoms with Gasteiger partial charge in [0.05, 0.1) is 6.10 Å². The van der Waals surface area contributed by atoms with Gasteiger partial charge in [0.15, 0.2) is 6.61 Å². The normalized spacial score (nSPS) is 14.5. The molecule has 0 aliphatic carbocycles. The molecule has 0 rings (SSSR count). The second-order valence-corrected chi connectivity index (χ2v) is 3.65. The lowest BCUT2D eigenvalue weighted by Crippen LogP contribution is -2.36. The summed E-state index contributed by atoms with van der Waals surface area (Å²) in [5.74, 6) is -3.90. The van der Waals surface area contributed by atoms with E-state index in [4.69, 9.17) is 0 Å². The summed E-state index contributed by atoms with van der Waals surface area (Å²) in [4.78, 5) is 0. The third-order valence-corrected chi connectivity index (χ3v) is 1.85. The van der Waals surface area contributed by atoms with Crippen LogP contribution in [0.5, 0.6) is 0 Å². The fourth-order valence-corrected chi connectivity index (χ4v) is 0.955. The molecule has 0 bridgehead atoms. The van der Waals surface area contributed by atoms with E-state index in [1.807, 2.05) is 0 Å². The minimum atomic E-state index is -3.99. The Bertz CT molecular complexity index is 255. The molecule has 1 atom stereocenters. The van der Waals surface area contributed by atoms with E-state index in [1.54, 1.807) is 6.92 Å². The predicted molar refractivity (Wildman–Crippen MR) is 51.5 cm³/mol. The molecule has 0 aromatic rings. The molecule has 0 spiro atoms. The highest BCUT2D eigenvalue weighted by molar-refractivity contribution is 4.75. The standard InChI is InChI=1S/C10H15F5O2/c1-4-7(2)17-10(14,15)5-9(12,13)6-16-8(3)11/h7H,3-6H2,1-2H3. The molecular formula is C10H15F5O2. The topological polar surface area (TPSA) is 18.5 Å². The Morgan fingerprint density at radius 3 is 2.24 bits per heavy atom. The Morgan fingerprint density at radius 2 is 1.82 bits per heavy atom. The van der Waals surface area contributed by atoms with E-state index < -0.39 is 37.2 Å². The zero-order valence-corrected chi connectivity index (χ0v) is 9.61. The van der Waals surface area contributed by atoms with Crippen LogP contribution in [0.3, 0.4) is 0 Å². The maximum absolute atomic E-state index is 13.0. The lowest BCUT2D eigenvalue weighted by Gasteiger charge is -2.25. The van der Waals surface area contributed by atoms with Gasteiger partial charge in [-0.05, 0) is 19.9 Å². The molecule has 1 unspecified atom stereocenters. The van der Waals surface area contributed by atoms with Crippen molar-refractivity contribution >= 4 is 0 Å². The monoisotopic (exact) mass is 262 g/mol. The van der Waals surface area contributed by atoms with Gasteiger partial charge in [0.1, 0.15) is 6.42 Å². The molecule has 102 valence electrons. The highest BCUT2D eigenvalue weighted by Gasteiger charge is 2.45. The summed E-state index contributed by atoms with van der Waals surface area (Å²) in [6.45, 7) is 3.99. The van der Waals surface area contributed by atoms with E-state index in [0.717, 1.165) is 0 Å². The van der Waals surface area contributed by atoms with Gasteiger partial charge in [-0.25, -0.2) is 8.78 Å². The molecule has 0 saturated carbocycles. The van der Waals surface area contributed by atoms with Crippen molar-refractivity contribution in [2.24, 2.45) is 0 Å². The lowest BCUT2D eigenvalue weighted by molar-refractivity contribution is -0.291. The second-order valence-electron chi connectivity index (χ2n) is 3.65. The summed E-state index contributed by atoms with van der Waals surface area (Å²) in [6.07, 6.45) is -6.44. The van der Waals surface area contributed by atoms with Crippen molar-refractivity contribution in [1.29, 1.82) is 0 Å². The number of alkyl halides is 4. The fourth-order valence-electron chi connectivity index (χ4n) is 0.955. The van der Waals surface area contributed by atoms with E-state index in [1.165, 1.54) is 6.92 Å². The molecule has 0 saturated heterocycles. The Kier molecular flexibility index (Phi) is 5.87. The van der Waals surface area contributed by atoms with Crippen molar-refractivity contribution in [3.8, 4) is 0 Å². The Morgan fingerprint density at radius 1 is 1.29 bits per heavy atom. The van der Waals surface area contributed by atoms with Crippen molar-refractivity contribution in [1.82, 2.24) is 0 Å². The largest absolute Gasteiger partial charge is 0.465 e. The van der Waals surface area contributed by atoms with Gasteiger partial charge < -0.3 is 9.47 Å².